The first-order valence-corrected chi connectivity index (χ1v) is 14.3. The van der Waals surface area contributed by atoms with Crippen LogP contribution in [0.3, 0.4) is 0 Å². The largest absolute Gasteiger partial charge is 0.481 e. The second-order valence-corrected chi connectivity index (χ2v) is 11.7. The number of nitrogens with zero attached hydrogens (tertiary/aromatic N) is 1. The van der Waals surface area contributed by atoms with Crippen molar-refractivity contribution < 1.29 is 23.9 Å². The fourth-order valence-corrected chi connectivity index (χ4v) is 4.45. The number of ether oxygens (including phenoxy) is 2. The van der Waals surface area contributed by atoms with Crippen LogP contribution in [0.25, 0.3) is 11.1 Å². The van der Waals surface area contributed by atoms with Gasteiger partial charge in [-0.15, -0.1) is 0 Å². The Balaban J connectivity index is 1.79. The van der Waals surface area contributed by atoms with E-state index in [0.29, 0.717) is 40.0 Å². The van der Waals surface area contributed by atoms with Crippen LogP contribution >= 0.6 is 0 Å². The molecule has 4 rings (SSSR count). The second kappa shape index (κ2) is 13.9. The molecule has 1 heterocycles. The fourth-order valence-electron chi connectivity index (χ4n) is 4.45. The molecule has 0 aliphatic carbocycles. The minimum absolute atomic E-state index is 0.00793. The zero-order valence-corrected chi connectivity index (χ0v) is 26.0. The number of hydrogen-bond donors (Lipinski definition) is 4. The highest BCUT2D eigenvalue weighted by Crippen LogP contribution is 2.32. The van der Waals surface area contributed by atoms with Gasteiger partial charge in [-0.25, -0.2) is 9.78 Å². The molecule has 10 nitrogen and oxygen atoms in total. The minimum atomic E-state index is -0.666. The molecule has 0 saturated carbocycles. The van der Waals surface area contributed by atoms with Crippen molar-refractivity contribution in [2.75, 3.05) is 19.0 Å². The van der Waals surface area contributed by atoms with E-state index < -0.39 is 11.9 Å². The minimum Gasteiger partial charge on any atom is -0.481 e. The van der Waals surface area contributed by atoms with Crippen LogP contribution < -0.4 is 21.1 Å². The third kappa shape index (κ3) is 8.32. The van der Waals surface area contributed by atoms with Gasteiger partial charge < -0.3 is 25.8 Å². The van der Waals surface area contributed by atoms with Crippen molar-refractivity contribution in [3.8, 4) is 17.0 Å². The third-order valence-electron chi connectivity index (χ3n) is 6.86. The van der Waals surface area contributed by atoms with Crippen LogP contribution in [0.1, 0.15) is 68.7 Å². The molecule has 0 aliphatic rings. The van der Waals surface area contributed by atoms with E-state index in [-0.39, 0.29) is 40.9 Å². The summed E-state index contributed by atoms with van der Waals surface area (Å²) in [5.41, 5.74) is 8.86. The topological polar surface area (TPSA) is 156 Å². The van der Waals surface area contributed by atoms with Gasteiger partial charge in [0.2, 0.25) is 5.88 Å². The zero-order valence-electron chi connectivity index (χ0n) is 26.0. The Kier molecular flexibility index (Phi) is 9.98. The monoisotopic (exact) mass is 607 g/mol. The highest BCUT2D eigenvalue weighted by atomic mass is 16.5. The maximum absolute atomic E-state index is 13.7. The molecule has 0 bridgehead atoms. The number of anilines is 1. The number of aryl methyl sites for hydroxylation is 1. The lowest BCUT2D eigenvalue weighted by atomic mass is 9.92. The first-order valence-electron chi connectivity index (χ1n) is 14.3. The molecule has 4 aromatic rings. The van der Waals surface area contributed by atoms with Crippen molar-refractivity contribution in [3.63, 3.8) is 0 Å². The number of benzene rings is 3. The van der Waals surface area contributed by atoms with E-state index in [1.165, 1.54) is 13.2 Å². The summed E-state index contributed by atoms with van der Waals surface area (Å²) < 4.78 is 11.0. The van der Waals surface area contributed by atoms with Crippen LogP contribution in [0.2, 0.25) is 0 Å². The maximum Gasteiger partial charge on any atom is 0.339 e. The van der Waals surface area contributed by atoms with E-state index in [1.807, 2.05) is 51.1 Å². The van der Waals surface area contributed by atoms with Crippen molar-refractivity contribution in [1.29, 1.82) is 5.41 Å². The Hall–Kier alpha value is -5.51. The molecule has 5 N–H and O–H groups in total. The molecule has 0 fully saturated rings. The van der Waals surface area contributed by atoms with E-state index in [2.05, 4.69) is 15.6 Å². The molecule has 10 heteroatoms. The first-order chi connectivity index (χ1) is 21.4. The number of carbonyl (C=O) groups is 3. The summed E-state index contributed by atoms with van der Waals surface area (Å²) in [6.45, 7) is 8.25. The second-order valence-electron chi connectivity index (χ2n) is 11.7. The fraction of sp³-hybridized carbons (Fsp3) is 0.229. The molecule has 0 radical (unpaired) electrons. The van der Waals surface area contributed by atoms with Crippen LogP contribution in [0, 0.1) is 17.7 Å². The van der Waals surface area contributed by atoms with Gasteiger partial charge in [-0.2, -0.15) is 0 Å². The first kappa shape index (κ1) is 32.4. The van der Waals surface area contributed by atoms with Gasteiger partial charge >= 0.3 is 5.97 Å². The lowest BCUT2D eigenvalue weighted by Crippen LogP contribution is -2.32. The summed E-state index contributed by atoms with van der Waals surface area (Å²) in [5.74, 6) is -1.46. The van der Waals surface area contributed by atoms with Crippen LogP contribution in [-0.4, -0.2) is 42.3 Å². The van der Waals surface area contributed by atoms with Gasteiger partial charge in [0.15, 0.2) is 0 Å². The van der Waals surface area contributed by atoms with Gasteiger partial charge in [-0.05, 0) is 71.5 Å². The molecule has 45 heavy (non-hydrogen) atoms. The number of nitrogens with two attached hydrogens (primary N) is 1. The Bertz CT molecular complexity index is 1730. The number of amides is 2. The van der Waals surface area contributed by atoms with Crippen molar-refractivity contribution in [3.05, 3.63) is 112 Å². The smallest absolute Gasteiger partial charge is 0.339 e. The van der Waals surface area contributed by atoms with Crippen LogP contribution in [-0.2, 0) is 11.3 Å². The molecule has 0 unspecified atom stereocenters. The predicted molar refractivity (Wildman–Crippen MR) is 174 cm³/mol. The number of amidine groups is 1. The SMILES string of the molecule is COc1ccc(-c2cc(C)c(C(=O)NCC(C)(C)C)cc2C(=O)OCc2ccccc2)c(C(=O)Nc2ccc(C(=N)N)cc2)n1. The highest BCUT2D eigenvalue weighted by molar-refractivity contribution is 6.10. The van der Waals surface area contributed by atoms with Crippen LogP contribution in [0.5, 0.6) is 5.88 Å². The van der Waals surface area contributed by atoms with Gasteiger partial charge in [0.25, 0.3) is 11.8 Å². The van der Waals surface area contributed by atoms with Crippen LogP contribution in [0.15, 0.2) is 78.9 Å². The van der Waals surface area contributed by atoms with Gasteiger partial charge in [0, 0.05) is 35.0 Å². The molecule has 3 aromatic carbocycles. The highest BCUT2D eigenvalue weighted by Gasteiger charge is 2.25. The molecule has 1 aromatic heterocycles. The molecule has 0 atom stereocenters. The average molecular weight is 608 g/mol. The Morgan fingerprint density at radius 1 is 0.889 bits per heavy atom. The number of pyridine rings is 1. The average Bonchev–Trinajstić information content (AvgIpc) is 3.02. The van der Waals surface area contributed by atoms with Crippen molar-refractivity contribution in [2.45, 2.75) is 34.3 Å². The zero-order chi connectivity index (χ0) is 32.7. The molecule has 0 aliphatic heterocycles. The summed E-state index contributed by atoms with van der Waals surface area (Å²) >= 11 is 0. The molecular formula is C35H37N5O5. The van der Waals surface area contributed by atoms with E-state index >= 15 is 0 Å². The van der Waals surface area contributed by atoms with E-state index in [1.54, 1.807) is 49.4 Å². The predicted octanol–water partition coefficient (Wildman–Crippen LogP) is 5.73. The Morgan fingerprint density at radius 3 is 2.20 bits per heavy atom. The number of nitrogens with one attached hydrogen (secondary N) is 3. The van der Waals surface area contributed by atoms with Gasteiger partial charge in [0.1, 0.15) is 18.1 Å². The summed E-state index contributed by atoms with van der Waals surface area (Å²) in [7, 11) is 1.44. The molecule has 0 saturated heterocycles. The Morgan fingerprint density at radius 2 is 1.58 bits per heavy atom. The Labute approximate surface area is 262 Å². The molecule has 0 spiro atoms. The summed E-state index contributed by atoms with van der Waals surface area (Å²) in [6.07, 6.45) is 0. The summed E-state index contributed by atoms with van der Waals surface area (Å²) in [4.78, 5) is 45.0. The van der Waals surface area contributed by atoms with E-state index in [4.69, 9.17) is 20.6 Å². The molecular weight excluding hydrogens is 570 g/mol. The third-order valence-corrected chi connectivity index (χ3v) is 6.86. The van der Waals surface area contributed by atoms with E-state index in [9.17, 15) is 14.4 Å². The molecule has 2 amide bonds. The van der Waals surface area contributed by atoms with Gasteiger partial charge in [0.05, 0.1) is 12.7 Å². The molecule has 232 valence electrons. The van der Waals surface area contributed by atoms with Gasteiger partial charge in [-0.1, -0.05) is 51.1 Å². The lowest BCUT2D eigenvalue weighted by Gasteiger charge is -2.20. The summed E-state index contributed by atoms with van der Waals surface area (Å²) in [6, 6.07) is 22.1. The quantitative estimate of drug-likeness (QED) is 0.102. The normalized spacial score (nSPS) is 11.0. The lowest BCUT2D eigenvalue weighted by molar-refractivity contribution is 0.0473. The number of hydrogen-bond acceptors (Lipinski definition) is 7. The van der Waals surface area contributed by atoms with Gasteiger partial charge in [-0.3, -0.25) is 15.0 Å². The number of aromatic nitrogens is 1. The van der Waals surface area contributed by atoms with Crippen molar-refractivity contribution in [2.24, 2.45) is 11.1 Å². The maximum atomic E-state index is 13.7. The number of nitrogen functional groups attached to an aromatic ring is 1. The number of carbonyl (C=O) groups excluding carboxylic acids is 3. The van der Waals surface area contributed by atoms with Crippen molar-refractivity contribution >= 4 is 29.3 Å². The number of methoxy groups -OCH3 is 1. The summed E-state index contributed by atoms with van der Waals surface area (Å²) in [5, 5.41) is 13.3. The van der Waals surface area contributed by atoms with Crippen molar-refractivity contribution in [1.82, 2.24) is 10.3 Å². The number of esters is 1. The van der Waals surface area contributed by atoms with Crippen LogP contribution in [0.4, 0.5) is 5.69 Å². The standard InChI is InChI=1S/C35H37N5O5/c1-21-17-27(25-15-16-29(44-5)40-30(25)33(42)39-24-13-11-23(12-14-24)31(36)37)28(18-26(21)32(41)38-20-35(2,3)4)34(43)45-19-22-9-7-6-8-10-22/h6-18H,19-20H2,1-5H3,(H3,36,37)(H,38,41)(H,39,42). The number of rotatable bonds is 10. The van der Waals surface area contributed by atoms with E-state index in [0.717, 1.165) is 5.56 Å².